The van der Waals surface area contributed by atoms with Crippen LogP contribution in [0.1, 0.15) is 44.5 Å². The van der Waals surface area contributed by atoms with E-state index in [2.05, 4.69) is 65.1 Å². The van der Waals surface area contributed by atoms with Crippen LogP contribution >= 0.6 is 43.5 Å². The van der Waals surface area contributed by atoms with Crippen molar-refractivity contribution in [2.24, 2.45) is 10.2 Å². The Morgan fingerprint density at radius 3 is 1.81 bits per heavy atom. The number of hydrogen-bond donors (Lipinski definition) is 2. The molecule has 47 heavy (non-hydrogen) atoms. The number of hydrogen-bond acceptors (Lipinski definition) is 4. The molecule has 0 saturated carbocycles. The van der Waals surface area contributed by atoms with Crippen molar-refractivity contribution in [3.63, 3.8) is 0 Å². The van der Waals surface area contributed by atoms with Gasteiger partial charge in [-0.05, 0) is 80.8 Å². The predicted octanol–water partition coefficient (Wildman–Crippen LogP) is 10.7. The standard InChI is InChI=1S/C17H9BrClF3N2.C17H12BrF3N2/c18-12-5-6-13-10(7-12)8-14(15(13)19)9-1-3-11(4-2-9)16(23-24-16)17(20,21)22;18-15-6-3-11-7-12(8-13(11)9-15)10-1-4-14(5-2-10)16(22-23-16)17(19,20)21/h1-7H,8H2;1-7,9,22-23H,8H2. The van der Waals surface area contributed by atoms with E-state index < -0.39 is 23.7 Å². The van der Waals surface area contributed by atoms with E-state index in [9.17, 15) is 26.3 Å². The van der Waals surface area contributed by atoms with E-state index in [0.29, 0.717) is 11.5 Å². The third-order valence-corrected chi connectivity index (χ3v) is 9.99. The van der Waals surface area contributed by atoms with Crippen molar-refractivity contribution in [1.29, 1.82) is 0 Å². The maximum Gasteiger partial charge on any atom is 0.442 e. The lowest BCUT2D eigenvalue weighted by Gasteiger charge is -2.16. The summed E-state index contributed by atoms with van der Waals surface area (Å²) in [5, 5.41) is 7.07. The molecule has 4 aromatic rings. The van der Waals surface area contributed by atoms with E-state index in [1.54, 1.807) is 24.3 Å². The summed E-state index contributed by atoms with van der Waals surface area (Å²) in [4.78, 5) is 0. The molecule has 0 radical (unpaired) electrons. The zero-order valence-electron chi connectivity index (χ0n) is 23.9. The number of hydrazine groups is 1. The molecular weight excluding hydrogens is 774 g/mol. The highest BCUT2D eigenvalue weighted by Gasteiger charge is 2.66. The van der Waals surface area contributed by atoms with Crippen LogP contribution in [-0.4, -0.2) is 12.4 Å². The molecule has 2 N–H and O–H groups in total. The molecule has 8 rings (SSSR count). The van der Waals surface area contributed by atoms with Crippen molar-refractivity contribution in [2.75, 3.05) is 0 Å². The summed E-state index contributed by atoms with van der Waals surface area (Å²) in [6, 6.07) is 24.6. The summed E-state index contributed by atoms with van der Waals surface area (Å²) in [6.45, 7) is 0. The molecule has 240 valence electrons. The van der Waals surface area contributed by atoms with Gasteiger partial charge in [0.05, 0.1) is 5.03 Å². The Morgan fingerprint density at radius 2 is 1.23 bits per heavy atom. The Balaban J connectivity index is 0.000000150. The van der Waals surface area contributed by atoms with Gasteiger partial charge in [-0.3, -0.25) is 0 Å². The highest BCUT2D eigenvalue weighted by atomic mass is 79.9. The summed E-state index contributed by atoms with van der Waals surface area (Å²) in [6.07, 6.45) is -5.37. The molecule has 0 amide bonds. The minimum Gasteiger partial charge on any atom is -0.223 e. The largest absolute Gasteiger partial charge is 0.442 e. The van der Waals surface area contributed by atoms with Gasteiger partial charge in [0.2, 0.25) is 5.66 Å². The molecule has 2 aliphatic carbocycles. The van der Waals surface area contributed by atoms with Crippen molar-refractivity contribution in [3.8, 4) is 0 Å². The van der Waals surface area contributed by atoms with Crippen LogP contribution in [-0.2, 0) is 24.2 Å². The summed E-state index contributed by atoms with van der Waals surface area (Å²) in [5.41, 5.74) is 8.34. The van der Waals surface area contributed by atoms with Crippen LogP contribution in [0.15, 0.2) is 104 Å². The quantitative estimate of drug-likeness (QED) is 0.160. The average Bonchev–Trinajstić information content (AvgIpc) is 3.95. The maximum atomic E-state index is 13.1. The minimum atomic E-state index is -4.51. The molecule has 1 saturated heterocycles. The van der Waals surface area contributed by atoms with E-state index in [1.807, 2.05) is 30.3 Å². The van der Waals surface area contributed by atoms with Gasteiger partial charge in [-0.1, -0.05) is 110 Å². The second-order valence-electron chi connectivity index (χ2n) is 11.5. The van der Waals surface area contributed by atoms with Crippen molar-refractivity contribution in [2.45, 2.75) is 36.5 Å². The van der Waals surface area contributed by atoms with Gasteiger partial charge in [-0.2, -0.15) is 26.3 Å². The number of benzene rings is 4. The van der Waals surface area contributed by atoms with Gasteiger partial charge in [0.25, 0.3) is 0 Å². The van der Waals surface area contributed by atoms with Gasteiger partial charge in [0.15, 0.2) is 0 Å². The van der Waals surface area contributed by atoms with Crippen LogP contribution in [0.3, 0.4) is 0 Å². The normalized spacial score (nSPS) is 18.3. The molecule has 0 unspecified atom stereocenters. The van der Waals surface area contributed by atoms with Gasteiger partial charge in [-0.25, -0.2) is 10.9 Å². The third-order valence-electron chi connectivity index (χ3n) is 8.57. The molecule has 4 aromatic carbocycles. The molecule has 4 nitrogen and oxygen atoms in total. The van der Waals surface area contributed by atoms with E-state index in [4.69, 9.17) is 11.6 Å². The predicted molar refractivity (Wildman–Crippen MR) is 176 cm³/mol. The first kappa shape index (κ1) is 32.3. The van der Waals surface area contributed by atoms with Gasteiger partial charge in [0.1, 0.15) is 0 Å². The maximum absolute atomic E-state index is 13.1. The Labute approximate surface area is 286 Å². The summed E-state index contributed by atoms with van der Waals surface area (Å²) >= 11 is 13.3. The summed E-state index contributed by atoms with van der Waals surface area (Å²) in [7, 11) is 0. The molecule has 2 heterocycles. The fourth-order valence-corrected chi connectivity index (χ4v) is 7.05. The highest BCUT2D eigenvalue weighted by Crippen LogP contribution is 2.52. The number of nitrogens with zero attached hydrogens (tertiary/aromatic N) is 2. The molecule has 13 heteroatoms. The van der Waals surface area contributed by atoms with Gasteiger partial charge in [-0.15, -0.1) is 10.2 Å². The van der Waals surface area contributed by atoms with E-state index in [-0.39, 0.29) is 11.1 Å². The van der Waals surface area contributed by atoms with Crippen molar-refractivity contribution in [3.05, 3.63) is 138 Å². The number of alkyl halides is 6. The zero-order chi connectivity index (χ0) is 33.4. The van der Waals surface area contributed by atoms with Gasteiger partial charge in [0, 0.05) is 20.9 Å². The number of rotatable bonds is 4. The van der Waals surface area contributed by atoms with Gasteiger partial charge >= 0.3 is 18.0 Å². The van der Waals surface area contributed by atoms with Crippen LogP contribution in [0.2, 0.25) is 0 Å². The molecule has 0 bridgehead atoms. The van der Waals surface area contributed by atoms with Crippen LogP contribution in [0.5, 0.6) is 0 Å². The first-order valence-corrected chi connectivity index (χ1v) is 16.2. The molecule has 0 spiro atoms. The molecule has 0 atom stereocenters. The molecular formula is C34H21Br2ClF6N4. The van der Waals surface area contributed by atoms with E-state index in [1.165, 1.54) is 29.8 Å². The van der Waals surface area contributed by atoms with Crippen molar-refractivity contribution >= 4 is 65.7 Å². The molecule has 2 aliphatic heterocycles. The Kier molecular flexibility index (Phi) is 7.83. The monoisotopic (exact) mass is 792 g/mol. The molecule has 4 aliphatic rings. The first-order chi connectivity index (χ1) is 22.2. The van der Waals surface area contributed by atoms with E-state index >= 15 is 0 Å². The lowest BCUT2D eigenvalue weighted by atomic mass is 9.97. The number of allylic oxidation sites excluding steroid dienone is 2. The smallest absolute Gasteiger partial charge is 0.223 e. The fraction of sp³-hybridized carbons (Fsp3) is 0.176. The zero-order valence-corrected chi connectivity index (χ0v) is 27.8. The second kappa shape index (κ2) is 11.4. The Morgan fingerprint density at radius 1 is 0.660 bits per heavy atom. The Bertz CT molecular complexity index is 1990. The van der Waals surface area contributed by atoms with E-state index in [0.717, 1.165) is 54.3 Å². The highest BCUT2D eigenvalue weighted by molar-refractivity contribution is 9.10. The topological polar surface area (TPSA) is 68.6 Å². The first-order valence-electron chi connectivity index (χ1n) is 14.2. The van der Waals surface area contributed by atoms with Crippen LogP contribution in [0.4, 0.5) is 26.3 Å². The minimum absolute atomic E-state index is 0.0220. The van der Waals surface area contributed by atoms with Crippen LogP contribution in [0.25, 0.3) is 22.3 Å². The lowest BCUT2D eigenvalue weighted by molar-refractivity contribution is -0.166. The fourth-order valence-electron chi connectivity index (χ4n) is 5.87. The van der Waals surface area contributed by atoms with Crippen molar-refractivity contribution in [1.82, 2.24) is 10.9 Å². The molecule has 0 aromatic heterocycles. The number of nitrogens with one attached hydrogen (secondary N) is 2. The van der Waals surface area contributed by atoms with Crippen LogP contribution < -0.4 is 10.9 Å². The molecule has 1 fully saturated rings. The van der Waals surface area contributed by atoms with Crippen molar-refractivity contribution < 1.29 is 26.3 Å². The number of fused-ring (bicyclic) bond motifs is 2. The average molecular weight is 795 g/mol. The van der Waals surface area contributed by atoms with Crippen LogP contribution in [0, 0.1) is 0 Å². The lowest BCUT2D eigenvalue weighted by Crippen LogP contribution is -2.34. The summed E-state index contributed by atoms with van der Waals surface area (Å²) < 4.78 is 80.3. The third kappa shape index (κ3) is 5.78. The Hall–Kier alpha value is -3.29. The van der Waals surface area contributed by atoms with Gasteiger partial charge < -0.3 is 0 Å². The summed E-state index contributed by atoms with van der Waals surface area (Å²) in [5.74, 6) is 0. The second-order valence-corrected chi connectivity index (χ2v) is 13.7. The SMILES string of the molecule is FC(F)(F)C1(c2ccc(C3=C(Cl)c4ccc(Br)cc4C3)cc2)N=N1.FC(F)(F)C1(c2ccc(C3=Cc4ccc(Br)cc4C3)cc2)NN1. The number of halogens is 9.